The van der Waals surface area contributed by atoms with E-state index in [0.717, 1.165) is 55.4 Å². The number of carbonyl (C=O) groups is 1. The van der Waals surface area contributed by atoms with E-state index in [4.69, 9.17) is 4.98 Å². The second-order valence-electron chi connectivity index (χ2n) is 9.61. The minimum Gasteiger partial charge on any atom is -0.369 e. The maximum Gasteiger partial charge on any atom is 0.416 e. The number of piperazine rings is 1. The zero-order valence-corrected chi connectivity index (χ0v) is 19.8. The molecule has 0 bridgehead atoms. The van der Waals surface area contributed by atoms with Crippen LogP contribution < -0.4 is 10.2 Å². The maximum atomic E-state index is 13.0. The van der Waals surface area contributed by atoms with Crippen LogP contribution in [0.5, 0.6) is 0 Å². The fourth-order valence-corrected chi connectivity index (χ4v) is 5.03. The Balaban J connectivity index is 1.12. The number of hydrogen-bond donors (Lipinski definition) is 1. The minimum atomic E-state index is -4.34. The monoisotopic (exact) mass is 485 g/mol. The van der Waals surface area contributed by atoms with Crippen LogP contribution in [-0.4, -0.2) is 59.6 Å². The fourth-order valence-electron chi connectivity index (χ4n) is 5.03. The van der Waals surface area contributed by atoms with Crippen LogP contribution in [-0.2, 0) is 19.1 Å². The Morgan fingerprint density at radius 1 is 1.09 bits per heavy atom. The van der Waals surface area contributed by atoms with Crippen LogP contribution >= 0.6 is 0 Å². The molecule has 1 N–H and O–H groups in total. The van der Waals surface area contributed by atoms with Crippen molar-refractivity contribution in [1.29, 1.82) is 0 Å². The van der Waals surface area contributed by atoms with Crippen LogP contribution in [0.2, 0.25) is 0 Å². The van der Waals surface area contributed by atoms with E-state index in [2.05, 4.69) is 21.7 Å². The van der Waals surface area contributed by atoms with E-state index >= 15 is 0 Å². The van der Waals surface area contributed by atoms with E-state index < -0.39 is 11.7 Å². The summed E-state index contributed by atoms with van der Waals surface area (Å²) in [6.45, 7) is 7.18. The van der Waals surface area contributed by atoms with Gasteiger partial charge in [-0.1, -0.05) is 13.0 Å². The first-order valence-electron chi connectivity index (χ1n) is 12.2. The summed E-state index contributed by atoms with van der Waals surface area (Å²) in [7, 11) is 0. The molecule has 0 radical (unpaired) electrons. The van der Waals surface area contributed by atoms with Crippen molar-refractivity contribution in [2.45, 2.75) is 32.5 Å². The van der Waals surface area contributed by atoms with Crippen molar-refractivity contribution in [2.75, 3.05) is 44.2 Å². The van der Waals surface area contributed by atoms with Gasteiger partial charge in [0.15, 0.2) is 0 Å². The fraction of sp³-hybridized carbons (Fsp3) is 0.462. The number of anilines is 1. The molecule has 3 heterocycles. The average molecular weight is 486 g/mol. The molecule has 2 aliphatic heterocycles. The number of amides is 1. The summed E-state index contributed by atoms with van der Waals surface area (Å²) in [5, 5.41) is 2.99. The van der Waals surface area contributed by atoms with Gasteiger partial charge in [-0.25, -0.2) is 4.98 Å². The van der Waals surface area contributed by atoms with Crippen LogP contribution in [0, 0.1) is 5.92 Å². The minimum absolute atomic E-state index is 0.117. The van der Waals surface area contributed by atoms with E-state index in [1.807, 2.05) is 23.1 Å². The van der Waals surface area contributed by atoms with Crippen LogP contribution in [0.15, 0.2) is 42.5 Å². The summed E-state index contributed by atoms with van der Waals surface area (Å²) in [5.41, 5.74) is 2.53. The number of benzene rings is 2. The first-order valence-corrected chi connectivity index (χ1v) is 12.2. The summed E-state index contributed by atoms with van der Waals surface area (Å²) >= 11 is 0. The number of aryl methyl sites for hydroxylation is 1. The number of imidazole rings is 1. The van der Waals surface area contributed by atoms with Crippen molar-refractivity contribution in [1.82, 2.24) is 19.8 Å². The van der Waals surface area contributed by atoms with Crippen molar-refractivity contribution in [3.8, 4) is 0 Å². The molecular weight excluding hydrogens is 455 g/mol. The number of nitrogens with zero attached hydrogens (tertiary/aromatic N) is 4. The van der Waals surface area contributed by atoms with Gasteiger partial charge < -0.3 is 14.8 Å². The highest BCUT2D eigenvalue weighted by Gasteiger charge is 2.31. The number of alkyl halides is 3. The zero-order valence-electron chi connectivity index (χ0n) is 19.8. The van der Waals surface area contributed by atoms with Gasteiger partial charge in [-0.15, -0.1) is 0 Å². The Kier molecular flexibility index (Phi) is 6.44. The lowest BCUT2D eigenvalue weighted by Gasteiger charge is -2.36. The standard InChI is InChI=1S/C26H30F3N5O/c1-18-7-9-34-23-6-5-19(16-22(23)31-24(34)15-18)25(35)30-8-10-32-11-13-33(14-12-32)21-4-2-3-20(17-21)26(27,28)29/h2-6,16-18H,7-15H2,1H3,(H,30,35). The van der Waals surface area contributed by atoms with Gasteiger partial charge in [0.1, 0.15) is 5.82 Å². The Bertz CT molecular complexity index is 1210. The lowest BCUT2D eigenvalue weighted by molar-refractivity contribution is -0.137. The smallest absolute Gasteiger partial charge is 0.369 e. The first-order chi connectivity index (χ1) is 16.8. The molecule has 3 aromatic rings. The number of nitrogens with one attached hydrogen (secondary N) is 1. The number of fused-ring (bicyclic) bond motifs is 3. The predicted molar refractivity (Wildman–Crippen MR) is 130 cm³/mol. The van der Waals surface area contributed by atoms with Gasteiger partial charge in [0.25, 0.3) is 5.91 Å². The van der Waals surface area contributed by atoms with Crippen molar-refractivity contribution < 1.29 is 18.0 Å². The SMILES string of the molecule is CC1CCn2c(nc3cc(C(=O)NCCN4CCN(c5cccc(C(F)(F)F)c5)CC4)ccc32)C1. The third-order valence-electron chi connectivity index (χ3n) is 7.09. The summed E-state index contributed by atoms with van der Waals surface area (Å²) in [5.74, 6) is 1.61. The summed E-state index contributed by atoms with van der Waals surface area (Å²) in [6, 6.07) is 11.2. The third kappa shape index (κ3) is 5.15. The lowest BCUT2D eigenvalue weighted by Crippen LogP contribution is -2.48. The van der Waals surface area contributed by atoms with Crippen LogP contribution in [0.3, 0.4) is 0 Å². The van der Waals surface area contributed by atoms with Gasteiger partial charge in [-0.05, 0) is 48.7 Å². The zero-order chi connectivity index (χ0) is 24.6. The van der Waals surface area contributed by atoms with Gasteiger partial charge in [0, 0.05) is 63.5 Å². The molecule has 0 aliphatic carbocycles. The second kappa shape index (κ2) is 9.53. The molecular formula is C26H30F3N5O. The molecule has 9 heteroatoms. The highest BCUT2D eigenvalue weighted by molar-refractivity contribution is 5.97. The quantitative estimate of drug-likeness (QED) is 0.589. The Morgan fingerprint density at radius 3 is 2.66 bits per heavy atom. The highest BCUT2D eigenvalue weighted by atomic mass is 19.4. The van der Waals surface area contributed by atoms with Crippen LogP contribution in [0.1, 0.15) is 35.1 Å². The third-order valence-corrected chi connectivity index (χ3v) is 7.09. The molecule has 0 spiro atoms. The van der Waals surface area contributed by atoms with Crippen molar-refractivity contribution >= 4 is 22.6 Å². The molecule has 1 fully saturated rings. The number of hydrogen-bond acceptors (Lipinski definition) is 4. The Hall–Kier alpha value is -3.07. The number of halogens is 3. The van der Waals surface area contributed by atoms with Crippen molar-refractivity contribution in [2.24, 2.45) is 5.92 Å². The predicted octanol–water partition coefficient (Wildman–Crippen LogP) is 4.19. The van der Waals surface area contributed by atoms with Gasteiger partial charge in [0.2, 0.25) is 0 Å². The van der Waals surface area contributed by atoms with Gasteiger partial charge in [-0.2, -0.15) is 13.2 Å². The molecule has 186 valence electrons. The molecule has 0 saturated carbocycles. The first kappa shape index (κ1) is 23.7. The molecule has 1 unspecified atom stereocenters. The molecule has 1 amide bonds. The molecule has 2 aliphatic rings. The molecule has 6 nitrogen and oxygen atoms in total. The number of rotatable bonds is 5. The van der Waals surface area contributed by atoms with E-state index in [9.17, 15) is 18.0 Å². The Labute approximate surface area is 202 Å². The molecule has 1 saturated heterocycles. The van der Waals surface area contributed by atoms with Gasteiger partial charge in [0.05, 0.1) is 16.6 Å². The number of carbonyl (C=O) groups excluding carboxylic acids is 1. The Morgan fingerprint density at radius 2 is 1.89 bits per heavy atom. The molecule has 1 aromatic heterocycles. The second-order valence-corrected chi connectivity index (χ2v) is 9.61. The average Bonchev–Trinajstić information content (AvgIpc) is 3.20. The highest BCUT2D eigenvalue weighted by Crippen LogP contribution is 2.32. The van der Waals surface area contributed by atoms with Gasteiger partial charge in [-0.3, -0.25) is 9.69 Å². The number of aromatic nitrogens is 2. The van der Waals surface area contributed by atoms with E-state index in [1.54, 1.807) is 6.07 Å². The molecule has 35 heavy (non-hydrogen) atoms. The summed E-state index contributed by atoms with van der Waals surface area (Å²) in [6.07, 6.45) is -2.22. The van der Waals surface area contributed by atoms with E-state index in [1.165, 1.54) is 12.1 Å². The maximum absolute atomic E-state index is 13.0. The van der Waals surface area contributed by atoms with E-state index in [-0.39, 0.29) is 5.91 Å². The van der Waals surface area contributed by atoms with Crippen molar-refractivity contribution in [3.63, 3.8) is 0 Å². The van der Waals surface area contributed by atoms with Crippen molar-refractivity contribution in [3.05, 3.63) is 59.4 Å². The van der Waals surface area contributed by atoms with Crippen LogP contribution in [0.4, 0.5) is 18.9 Å². The molecule has 1 atom stereocenters. The summed E-state index contributed by atoms with van der Waals surface area (Å²) < 4.78 is 41.3. The molecule has 5 rings (SSSR count). The van der Waals surface area contributed by atoms with Gasteiger partial charge >= 0.3 is 6.18 Å². The van der Waals surface area contributed by atoms with Crippen LogP contribution in [0.25, 0.3) is 11.0 Å². The van der Waals surface area contributed by atoms with E-state index in [0.29, 0.717) is 43.3 Å². The lowest BCUT2D eigenvalue weighted by atomic mass is 10.0. The summed E-state index contributed by atoms with van der Waals surface area (Å²) in [4.78, 5) is 21.7. The molecule has 2 aromatic carbocycles. The topological polar surface area (TPSA) is 53.4 Å². The largest absolute Gasteiger partial charge is 0.416 e. The normalized spacial score (nSPS) is 19.1.